The van der Waals surface area contributed by atoms with Crippen LogP contribution in [0.1, 0.15) is 45.4 Å². The summed E-state index contributed by atoms with van der Waals surface area (Å²) in [6.07, 6.45) is 8.09. The average Bonchev–Trinajstić information content (AvgIpc) is 2.73. The van der Waals surface area contributed by atoms with E-state index in [2.05, 4.69) is 17.1 Å². The van der Waals surface area contributed by atoms with Crippen molar-refractivity contribution in [3.8, 4) is 0 Å². The number of nitrogens with zero attached hydrogens (tertiary/aromatic N) is 1. The van der Waals surface area contributed by atoms with Gasteiger partial charge in [-0.3, -0.25) is 4.90 Å². The molecule has 1 aliphatic carbocycles. The maximum Gasteiger partial charge on any atom is 0.0589 e. The summed E-state index contributed by atoms with van der Waals surface area (Å²) in [4.78, 5) is 2.52. The van der Waals surface area contributed by atoms with Gasteiger partial charge in [-0.05, 0) is 31.7 Å². The van der Waals surface area contributed by atoms with E-state index in [0.29, 0.717) is 6.04 Å². The second-order valence-corrected chi connectivity index (χ2v) is 6.24. The molecule has 1 rings (SSSR count). The molecular weight excluding hydrogens is 264 g/mol. The van der Waals surface area contributed by atoms with Crippen LogP contribution in [0.25, 0.3) is 0 Å². The van der Waals surface area contributed by atoms with E-state index in [4.69, 9.17) is 9.47 Å². The summed E-state index contributed by atoms with van der Waals surface area (Å²) in [7, 11) is 3.57. The number of hydrogen-bond donors (Lipinski definition) is 1. The van der Waals surface area contributed by atoms with Crippen LogP contribution in [0.5, 0.6) is 0 Å². The Morgan fingerprint density at radius 3 is 2.29 bits per heavy atom. The summed E-state index contributed by atoms with van der Waals surface area (Å²) < 4.78 is 10.5. The van der Waals surface area contributed by atoms with Crippen LogP contribution in [0.15, 0.2) is 0 Å². The molecule has 0 radical (unpaired) electrons. The summed E-state index contributed by atoms with van der Waals surface area (Å²) in [5, 5.41) is 3.79. The van der Waals surface area contributed by atoms with E-state index >= 15 is 0 Å². The van der Waals surface area contributed by atoms with Crippen molar-refractivity contribution in [2.45, 2.75) is 51.5 Å². The zero-order valence-corrected chi connectivity index (χ0v) is 14.4. The number of rotatable bonds is 11. The van der Waals surface area contributed by atoms with E-state index in [0.717, 1.165) is 38.8 Å². The fourth-order valence-corrected chi connectivity index (χ4v) is 3.27. The molecule has 21 heavy (non-hydrogen) atoms. The van der Waals surface area contributed by atoms with Crippen LogP contribution in [-0.2, 0) is 9.47 Å². The molecule has 4 heteroatoms. The average molecular weight is 300 g/mol. The first-order chi connectivity index (χ1) is 10.3. The van der Waals surface area contributed by atoms with Crippen LogP contribution in [-0.4, -0.2) is 64.6 Å². The van der Waals surface area contributed by atoms with Gasteiger partial charge in [0.2, 0.25) is 0 Å². The van der Waals surface area contributed by atoms with Crippen LogP contribution in [0, 0.1) is 5.92 Å². The van der Waals surface area contributed by atoms with Gasteiger partial charge in [0.05, 0.1) is 13.2 Å². The lowest BCUT2D eigenvalue weighted by atomic mass is 9.94. The molecule has 0 heterocycles. The van der Waals surface area contributed by atoms with Gasteiger partial charge in [-0.2, -0.15) is 0 Å². The first kappa shape index (κ1) is 18.9. The maximum atomic E-state index is 5.26. The molecular formula is C17H36N2O2. The Labute approximate surface area is 131 Å². The molecule has 0 aromatic rings. The highest BCUT2D eigenvalue weighted by Gasteiger charge is 2.25. The third-order valence-corrected chi connectivity index (χ3v) is 4.53. The summed E-state index contributed by atoms with van der Waals surface area (Å²) >= 11 is 0. The lowest BCUT2D eigenvalue weighted by Gasteiger charge is -2.32. The minimum atomic E-state index is 0.694. The molecule has 0 aromatic heterocycles. The second-order valence-electron chi connectivity index (χ2n) is 6.24. The fourth-order valence-electron chi connectivity index (χ4n) is 3.27. The molecule has 0 aromatic carbocycles. The monoisotopic (exact) mass is 300 g/mol. The smallest absolute Gasteiger partial charge is 0.0589 e. The number of nitrogens with one attached hydrogen (secondary N) is 1. The van der Waals surface area contributed by atoms with E-state index in [1.165, 1.54) is 45.1 Å². The van der Waals surface area contributed by atoms with Crippen LogP contribution in [0.4, 0.5) is 0 Å². The minimum Gasteiger partial charge on any atom is -0.383 e. The Kier molecular flexibility index (Phi) is 11.1. The Bertz CT molecular complexity index is 231. The van der Waals surface area contributed by atoms with E-state index < -0.39 is 0 Å². The fraction of sp³-hybridized carbons (Fsp3) is 1.00. The zero-order chi connectivity index (χ0) is 15.3. The molecule has 4 nitrogen and oxygen atoms in total. The molecule has 1 fully saturated rings. The third kappa shape index (κ3) is 8.15. The quantitative estimate of drug-likeness (QED) is 0.595. The van der Waals surface area contributed by atoms with E-state index in [9.17, 15) is 0 Å². The molecule has 2 atom stereocenters. The van der Waals surface area contributed by atoms with Gasteiger partial charge >= 0.3 is 0 Å². The Morgan fingerprint density at radius 1 is 1.00 bits per heavy atom. The van der Waals surface area contributed by atoms with Crippen molar-refractivity contribution in [1.82, 2.24) is 10.2 Å². The topological polar surface area (TPSA) is 33.7 Å². The van der Waals surface area contributed by atoms with Crippen molar-refractivity contribution in [2.75, 3.05) is 53.6 Å². The molecule has 1 saturated carbocycles. The molecule has 126 valence electrons. The molecule has 1 N–H and O–H groups in total. The van der Waals surface area contributed by atoms with Crippen molar-refractivity contribution in [3.05, 3.63) is 0 Å². The van der Waals surface area contributed by atoms with Crippen molar-refractivity contribution in [3.63, 3.8) is 0 Å². The predicted molar refractivity (Wildman–Crippen MR) is 88.8 cm³/mol. The van der Waals surface area contributed by atoms with Gasteiger partial charge in [-0.1, -0.05) is 26.2 Å². The lowest BCUT2D eigenvalue weighted by molar-refractivity contribution is 0.0967. The zero-order valence-electron chi connectivity index (χ0n) is 14.4. The van der Waals surface area contributed by atoms with Gasteiger partial charge in [0, 0.05) is 39.9 Å². The third-order valence-electron chi connectivity index (χ3n) is 4.53. The number of hydrogen-bond acceptors (Lipinski definition) is 4. The second kappa shape index (κ2) is 12.4. The molecule has 2 unspecified atom stereocenters. The predicted octanol–water partition coefficient (Wildman–Crippen LogP) is 2.53. The van der Waals surface area contributed by atoms with Crippen molar-refractivity contribution in [2.24, 2.45) is 5.92 Å². The van der Waals surface area contributed by atoms with Crippen molar-refractivity contribution >= 4 is 0 Å². The number of ether oxygens (including phenoxy) is 2. The summed E-state index contributed by atoms with van der Waals surface area (Å²) in [6, 6.07) is 0.694. The Balaban J connectivity index is 2.52. The summed E-state index contributed by atoms with van der Waals surface area (Å²) in [6.45, 7) is 8.22. The molecule has 0 aliphatic heterocycles. The largest absolute Gasteiger partial charge is 0.383 e. The SMILES string of the molecule is CCCNC1CCCCCC1CN(CCOC)CCOC. The van der Waals surface area contributed by atoms with E-state index in [-0.39, 0.29) is 0 Å². The van der Waals surface area contributed by atoms with E-state index in [1.54, 1.807) is 14.2 Å². The Morgan fingerprint density at radius 2 is 1.67 bits per heavy atom. The van der Waals surface area contributed by atoms with Crippen LogP contribution in [0.3, 0.4) is 0 Å². The molecule has 0 bridgehead atoms. The molecule has 0 saturated heterocycles. The van der Waals surface area contributed by atoms with Gasteiger partial charge in [-0.15, -0.1) is 0 Å². The highest BCUT2D eigenvalue weighted by Crippen LogP contribution is 2.24. The lowest BCUT2D eigenvalue weighted by Crippen LogP contribution is -2.43. The van der Waals surface area contributed by atoms with E-state index in [1.807, 2.05) is 0 Å². The molecule has 0 amide bonds. The van der Waals surface area contributed by atoms with Gasteiger partial charge in [0.15, 0.2) is 0 Å². The maximum absolute atomic E-state index is 5.26. The van der Waals surface area contributed by atoms with Gasteiger partial charge < -0.3 is 14.8 Å². The normalized spacial score (nSPS) is 23.4. The van der Waals surface area contributed by atoms with Gasteiger partial charge in [0.1, 0.15) is 0 Å². The van der Waals surface area contributed by atoms with Gasteiger partial charge in [0.25, 0.3) is 0 Å². The first-order valence-electron chi connectivity index (χ1n) is 8.75. The summed E-state index contributed by atoms with van der Waals surface area (Å²) in [5.74, 6) is 0.771. The van der Waals surface area contributed by atoms with Crippen molar-refractivity contribution < 1.29 is 9.47 Å². The number of methoxy groups -OCH3 is 2. The Hall–Kier alpha value is -0.160. The van der Waals surface area contributed by atoms with Crippen molar-refractivity contribution in [1.29, 1.82) is 0 Å². The minimum absolute atomic E-state index is 0.694. The molecule has 1 aliphatic rings. The van der Waals surface area contributed by atoms with Gasteiger partial charge in [-0.25, -0.2) is 0 Å². The molecule has 0 spiro atoms. The highest BCUT2D eigenvalue weighted by atomic mass is 16.5. The standard InChI is InChI=1S/C17H36N2O2/c1-4-10-18-17-9-7-5-6-8-16(17)15-19(11-13-20-2)12-14-21-3/h16-18H,4-15H2,1-3H3. The van der Waals surface area contributed by atoms with Crippen LogP contribution in [0.2, 0.25) is 0 Å². The highest BCUT2D eigenvalue weighted by molar-refractivity contribution is 4.82. The summed E-state index contributed by atoms with van der Waals surface area (Å²) in [5.41, 5.74) is 0. The van der Waals surface area contributed by atoms with Crippen LogP contribution >= 0.6 is 0 Å². The first-order valence-corrected chi connectivity index (χ1v) is 8.75. The van der Waals surface area contributed by atoms with Crippen LogP contribution < -0.4 is 5.32 Å².